The molecule has 2 heterocycles. The van der Waals surface area contributed by atoms with Crippen LogP contribution >= 0.6 is 0 Å². The Hall–Kier alpha value is -0.930. The Balaban J connectivity index is 1.96. The zero-order valence-electron chi connectivity index (χ0n) is 11.6. The van der Waals surface area contributed by atoms with Gasteiger partial charge < -0.3 is 5.73 Å². The van der Waals surface area contributed by atoms with Crippen LogP contribution in [0.25, 0.3) is 0 Å². The Morgan fingerprint density at radius 3 is 2.78 bits per heavy atom. The quantitative estimate of drug-likeness (QED) is 0.869. The van der Waals surface area contributed by atoms with E-state index in [4.69, 9.17) is 5.73 Å². The molecule has 1 aliphatic heterocycles. The van der Waals surface area contributed by atoms with Gasteiger partial charge in [0.1, 0.15) is 0 Å². The number of likely N-dealkylation sites (tertiary alicyclic amines) is 1. The number of nitrogens with two attached hydrogens (primary N) is 1. The van der Waals surface area contributed by atoms with Crippen molar-refractivity contribution in [3.8, 4) is 0 Å². The summed E-state index contributed by atoms with van der Waals surface area (Å²) in [4.78, 5) is 6.71. The van der Waals surface area contributed by atoms with Crippen LogP contribution in [-0.4, -0.2) is 29.5 Å². The predicted molar refractivity (Wildman–Crippen MR) is 75.2 cm³/mol. The van der Waals surface area contributed by atoms with Crippen LogP contribution in [0.1, 0.15) is 44.7 Å². The van der Waals surface area contributed by atoms with Crippen LogP contribution in [0.3, 0.4) is 0 Å². The van der Waals surface area contributed by atoms with E-state index < -0.39 is 0 Å². The largest absolute Gasteiger partial charge is 0.330 e. The highest BCUT2D eigenvalue weighted by Gasteiger charge is 2.27. The van der Waals surface area contributed by atoms with E-state index in [2.05, 4.69) is 35.9 Å². The van der Waals surface area contributed by atoms with Crippen molar-refractivity contribution >= 4 is 0 Å². The molecule has 2 N–H and O–H groups in total. The van der Waals surface area contributed by atoms with Crippen molar-refractivity contribution in [1.29, 1.82) is 0 Å². The highest BCUT2D eigenvalue weighted by molar-refractivity contribution is 5.16. The second-order valence-corrected chi connectivity index (χ2v) is 6.09. The fourth-order valence-corrected chi connectivity index (χ4v) is 2.61. The summed E-state index contributed by atoms with van der Waals surface area (Å²) in [5, 5.41) is 0. The lowest BCUT2D eigenvalue weighted by molar-refractivity contribution is 0.209. The maximum Gasteiger partial charge on any atom is 0.0349 e. The first-order valence-electron chi connectivity index (χ1n) is 6.96. The molecule has 18 heavy (non-hydrogen) atoms. The van der Waals surface area contributed by atoms with Crippen LogP contribution in [0.2, 0.25) is 0 Å². The van der Waals surface area contributed by atoms with Crippen molar-refractivity contribution in [3.63, 3.8) is 0 Å². The average molecular weight is 247 g/mol. The first-order chi connectivity index (χ1) is 8.62. The van der Waals surface area contributed by atoms with Crippen molar-refractivity contribution in [3.05, 3.63) is 30.1 Å². The highest BCUT2D eigenvalue weighted by atomic mass is 15.2. The number of aromatic nitrogens is 1. The third-order valence-corrected chi connectivity index (χ3v) is 4.08. The van der Waals surface area contributed by atoms with Gasteiger partial charge in [-0.05, 0) is 62.0 Å². The Morgan fingerprint density at radius 1 is 1.39 bits per heavy atom. The molecular weight excluding hydrogens is 222 g/mol. The van der Waals surface area contributed by atoms with Crippen LogP contribution in [0.15, 0.2) is 24.5 Å². The number of nitrogens with zero attached hydrogens (tertiary/aromatic N) is 2. The van der Waals surface area contributed by atoms with E-state index >= 15 is 0 Å². The molecule has 1 unspecified atom stereocenters. The van der Waals surface area contributed by atoms with E-state index in [9.17, 15) is 0 Å². The molecule has 1 aliphatic rings. The Morgan fingerprint density at radius 2 is 2.11 bits per heavy atom. The smallest absolute Gasteiger partial charge is 0.0349 e. The lowest BCUT2D eigenvalue weighted by atomic mass is 9.89. The molecule has 100 valence electrons. The lowest BCUT2D eigenvalue weighted by Gasteiger charge is -2.29. The third-order valence-electron chi connectivity index (χ3n) is 4.08. The summed E-state index contributed by atoms with van der Waals surface area (Å²) >= 11 is 0. The number of rotatable bonds is 5. The summed E-state index contributed by atoms with van der Waals surface area (Å²) in [5.74, 6) is 0. The van der Waals surface area contributed by atoms with Crippen molar-refractivity contribution in [1.82, 2.24) is 9.88 Å². The summed E-state index contributed by atoms with van der Waals surface area (Å²) in [6, 6.07) is 4.88. The Bertz CT molecular complexity index is 361. The molecule has 1 aromatic heterocycles. The SMILES string of the molecule is CC(C)(CN)CCN1CCCC1c1ccncc1. The molecule has 3 nitrogen and oxygen atoms in total. The van der Waals surface area contributed by atoms with Crippen LogP contribution in [0.4, 0.5) is 0 Å². The molecule has 1 atom stereocenters. The van der Waals surface area contributed by atoms with Gasteiger partial charge in [-0.15, -0.1) is 0 Å². The molecular formula is C15H25N3. The van der Waals surface area contributed by atoms with Crippen molar-refractivity contribution in [2.45, 2.75) is 39.2 Å². The van der Waals surface area contributed by atoms with E-state index in [0.717, 1.165) is 13.1 Å². The van der Waals surface area contributed by atoms with Gasteiger partial charge in [0.25, 0.3) is 0 Å². The molecule has 0 radical (unpaired) electrons. The molecule has 3 heteroatoms. The number of hydrogen-bond donors (Lipinski definition) is 1. The van der Waals surface area contributed by atoms with Gasteiger partial charge in [0.15, 0.2) is 0 Å². The van der Waals surface area contributed by atoms with E-state index in [1.165, 1.54) is 31.4 Å². The maximum absolute atomic E-state index is 5.81. The molecule has 0 amide bonds. The minimum absolute atomic E-state index is 0.255. The van der Waals surface area contributed by atoms with Crippen LogP contribution in [-0.2, 0) is 0 Å². The van der Waals surface area contributed by atoms with Gasteiger partial charge in [-0.25, -0.2) is 0 Å². The van der Waals surface area contributed by atoms with Gasteiger partial charge in [-0.2, -0.15) is 0 Å². The average Bonchev–Trinajstić information content (AvgIpc) is 2.86. The maximum atomic E-state index is 5.81. The van der Waals surface area contributed by atoms with E-state index in [1.54, 1.807) is 0 Å². The first-order valence-corrected chi connectivity index (χ1v) is 6.96. The van der Waals surface area contributed by atoms with Crippen LogP contribution in [0.5, 0.6) is 0 Å². The lowest BCUT2D eigenvalue weighted by Crippen LogP contribution is -2.31. The highest BCUT2D eigenvalue weighted by Crippen LogP contribution is 2.32. The van der Waals surface area contributed by atoms with Crippen molar-refractivity contribution < 1.29 is 0 Å². The van der Waals surface area contributed by atoms with E-state index in [1.807, 2.05) is 12.4 Å². The standard InChI is InChI=1S/C15H25N3/c1-15(2,12-16)7-11-18-10-3-4-14(18)13-5-8-17-9-6-13/h5-6,8-9,14H,3-4,7,10-12,16H2,1-2H3. The third kappa shape index (κ3) is 3.30. The molecule has 2 rings (SSSR count). The molecule has 0 aliphatic carbocycles. The second kappa shape index (κ2) is 5.81. The zero-order valence-corrected chi connectivity index (χ0v) is 11.6. The fraction of sp³-hybridized carbons (Fsp3) is 0.667. The van der Waals surface area contributed by atoms with E-state index in [-0.39, 0.29) is 5.41 Å². The predicted octanol–water partition coefficient (Wildman–Crippen LogP) is 2.59. The summed E-state index contributed by atoms with van der Waals surface area (Å²) in [5.41, 5.74) is 7.48. The minimum Gasteiger partial charge on any atom is -0.330 e. The molecule has 0 spiro atoms. The molecule has 1 aromatic rings. The molecule has 1 saturated heterocycles. The van der Waals surface area contributed by atoms with E-state index in [0.29, 0.717) is 6.04 Å². The van der Waals surface area contributed by atoms with Gasteiger partial charge >= 0.3 is 0 Å². The number of pyridine rings is 1. The molecule has 1 fully saturated rings. The minimum atomic E-state index is 0.255. The van der Waals surface area contributed by atoms with Gasteiger partial charge in [-0.3, -0.25) is 9.88 Å². The number of hydrogen-bond acceptors (Lipinski definition) is 3. The van der Waals surface area contributed by atoms with Crippen molar-refractivity contribution in [2.24, 2.45) is 11.1 Å². The first kappa shape index (κ1) is 13.5. The normalized spacial score (nSPS) is 21.4. The Kier molecular flexibility index (Phi) is 4.36. The summed E-state index contributed by atoms with van der Waals surface area (Å²) in [7, 11) is 0. The molecule has 0 aromatic carbocycles. The summed E-state index contributed by atoms with van der Waals surface area (Å²) < 4.78 is 0. The van der Waals surface area contributed by atoms with Gasteiger partial charge in [-0.1, -0.05) is 13.8 Å². The topological polar surface area (TPSA) is 42.1 Å². The fourth-order valence-electron chi connectivity index (χ4n) is 2.61. The van der Waals surface area contributed by atoms with Crippen LogP contribution < -0.4 is 5.73 Å². The second-order valence-electron chi connectivity index (χ2n) is 6.09. The van der Waals surface area contributed by atoms with Gasteiger partial charge in [0.2, 0.25) is 0 Å². The monoisotopic (exact) mass is 247 g/mol. The van der Waals surface area contributed by atoms with Gasteiger partial charge in [0.05, 0.1) is 0 Å². The van der Waals surface area contributed by atoms with Gasteiger partial charge in [0, 0.05) is 18.4 Å². The molecule has 0 bridgehead atoms. The van der Waals surface area contributed by atoms with Crippen LogP contribution in [0, 0.1) is 5.41 Å². The summed E-state index contributed by atoms with van der Waals surface area (Å²) in [6.45, 7) is 7.64. The molecule has 0 saturated carbocycles. The van der Waals surface area contributed by atoms with Crippen molar-refractivity contribution in [2.75, 3.05) is 19.6 Å². The Labute approximate surface area is 110 Å². The zero-order chi connectivity index (χ0) is 13.0. The summed E-state index contributed by atoms with van der Waals surface area (Å²) in [6.07, 6.45) is 7.54.